The summed E-state index contributed by atoms with van der Waals surface area (Å²) in [6, 6.07) is 16.0. The van der Waals surface area contributed by atoms with E-state index in [0.29, 0.717) is 11.4 Å². The summed E-state index contributed by atoms with van der Waals surface area (Å²) < 4.78 is 52.2. The first-order valence-corrected chi connectivity index (χ1v) is 9.93. The number of anilines is 2. The summed E-state index contributed by atoms with van der Waals surface area (Å²) in [5.74, 6) is 0.381. The molecule has 3 aromatic rings. The lowest BCUT2D eigenvalue weighted by molar-refractivity contribution is -0.137. The first-order valence-electron chi connectivity index (χ1n) is 9.93. The van der Waals surface area contributed by atoms with Crippen LogP contribution in [-0.4, -0.2) is 22.6 Å². The molecule has 0 saturated carbocycles. The largest absolute Gasteiger partial charge is 0.491 e. The van der Waals surface area contributed by atoms with Gasteiger partial charge in [-0.15, -0.1) is 0 Å². The number of ether oxygens (including phenoxy) is 2. The number of alkyl halides is 3. The average molecular weight is 431 g/mol. The second-order valence-corrected chi connectivity index (χ2v) is 7.07. The van der Waals surface area contributed by atoms with Gasteiger partial charge in [0.05, 0.1) is 6.10 Å². The van der Waals surface area contributed by atoms with Gasteiger partial charge in [-0.2, -0.15) is 18.2 Å². The highest BCUT2D eigenvalue weighted by atomic mass is 19.4. The smallest absolute Gasteiger partial charge is 0.421 e. The molecule has 3 rings (SSSR count). The van der Waals surface area contributed by atoms with Crippen LogP contribution < -0.4 is 14.4 Å². The first-order chi connectivity index (χ1) is 14.8. The highest BCUT2D eigenvalue weighted by Gasteiger charge is 2.37. The molecular weight excluding hydrogens is 407 g/mol. The van der Waals surface area contributed by atoms with Gasteiger partial charge in [0.2, 0.25) is 0 Å². The molecule has 164 valence electrons. The Kier molecular flexibility index (Phi) is 6.99. The molecule has 0 fully saturated rings. The van der Waals surface area contributed by atoms with Crippen LogP contribution in [0.15, 0.2) is 60.8 Å². The topological polar surface area (TPSA) is 47.5 Å². The minimum atomic E-state index is -4.61. The van der Waals surface area contributed by atoms with E-state index >= 15 is 0 Å². The number of rotatable bonds is 8. The van der Waals surface area contributed by atoms with Crippen molar-refractivity contribution in [3.8, 4) is 11.8 Å². The lowest BCUT2D eigenvalue weighted by Gasteiger charge is -2.25. The van der Waals surface area contributed by atoms with Crippen molar-refractivity contribution in [3.63, 3.8) is 0 Å². The average Bonchev–Trinajstić information content (AvgIpc) is 2.74. The Bertz CT molecular complexity index is 978. The van der Waals surface area contributed by atoms with Gasteiger partial charge in [-0.3, -0.25) is 0 Å². The molecule has 0 N–H and O–H groups in total. The molecule has 1 heterocycles. The number of halogens is 3. The molecule has 0 aliphatic heterocycles. The molecule has 8 heteroatoms. The molecule has 1 aromatic heterocycles. The van der Waals surface area contributed by atoms with Crippen LogP contribution in [0, 0.1) is 0 Å². The summed E-state index contributed by atoms with van der Waals surface area (Å²) in [5, 5.41) is 0. The predicted octanol–water partition coefficient (Wildman–Crippen LogP) is 6.02. The zero-order chi connectivity index (χ0) is 22.4. The Hall–Kier alpha value is -3.29. The number of benzene rings is 2. The van der Waals surface area contributed by atoms with Crippen LogP contribution in [0.5, 0.6) is 11.8 Å². The number of hydrogen-bond acceptors (Lipinski definition) is 5. The van der Waals surface area contributed by atoms with Gasteiger partial charge in [0.25, 0.3) is 0 Å². The monoisotopic (exact) mass is 431 g/mol. The molecule has 2 aromatic carbocycles. The van der Waals surface area contributed by atoms with Crippen LogP contribution in [0.3, 0.4) is 0 Å². The molecule has 0 saturated heterocycles. The van der Waals surface area contributed by atoms with Crippen molar-refractivity contribution in [2.75, 3.05) is 11.4 Å². The van der Waals surface area contributed by atoms with E-state index in [1.807, 2.05) is 44.2 Å². The molecule has 31 heavy (non-hydrogen) atoms. The van der Waals surface area contributed by atoms with Crippen molar-refractivity contribution in [3.05, 3.63) is 71.9 Å². The number of nitrogens with zero attached hydrogens (tertiary/aromatic N) is 3. The fraction of sp³-hybridized carbons (Fsp3) is 0.304. The van der Waals surface area contributed by atoms with Crippen LogP contribution in [-0.2, 0) is 12.8 Å². The molecule has 0 aliphatic carbocycles. The predicted molar refractivity (Wildman–Crippen MR) is 113 cm³/mol. The maximum atomic E-state index is 13.7. The SMILES string of the molecule is CCN(c1ccc(OC(C)C)cc1)c1nc(OCc2ccccc2)ncc1C(F)(F)F. The Morgan fingerprint density at radius 3 is 2.26 bits per heavy atom. The molecule has 0 spiro atoms. The molecule has 0 amide bonds. The third-order valence-electron chi connectivity index (χ3n) is 4.35. The molecule has 0 radical (unpaired) electrons. The second-order valence-electron chi connectivity index (χ2n) is 7.07. The maximum absolute atomic E-state index is 13.7. The number of aromatic nitrogens is 2. The van der Waals surface area contributed by atoms with Gasteiger partial charge < -0.3 is 14.4 Å². The summed E-state index contributed by atoms with van der Waals surface area (Å²) in [5.41, 5.74) is 0.487. The molecule has 5 nitrogen and oxygen atoms in total. The molecule has 0 aliphatic rings. The van der Waals surface area contributed by atoms with E-state index in [9.17, 15) is 13.2 Å². The second kappa shape index (κ2) is 9.68. The normalized spacial score (nSPS) is 11.5. The van der Waals surface area contributed by atoms with Crippen molar-refractivity contribution in [1.29, 1.82) is 0 Å². The van der Waals surface area contributed by atoms with E-state index in [-0.39, 0.29) is 31.1 Å². The van der Waals surface area contributed by atoms with Crippen molar-refractivity contribution in [1.82, 2.24) is 9.97 Å². The number of hydrogen-bond donors (Lipinski definition) is 0. The first kappa shape index (κ1) is 22.4. The van der Waals surface area contributed by atoms with E-state index in [4.69, 9.17) is 9.47 Å². The van der Waals surface area contributed by atoms with Crippen LogP contribution in [0.25, 0.3) is 0 Å². The highest BCUT2D eigenvalue weighted by Crippen LogP contribution is 2.38. The van der Waals surface area contributed by atoms with Crippen molar-refractivity contribution < 1.29 is 22.6 Å². The van der Waals surface area contributed by atoms with E-state index in [2.05, 4.69) is 9.97 Å². The van der Waals surface area contributed by atoms with Gasteiger partial charge in [-0.25, -0.2) is 4.98 Å². The zero-order valence-corrected chi connectivity index (χ0v) is 17.6. The maximum Gasteiger partial charge on any atom is 0.421 e. The van der Waals surface area contributed by atoms with Gasteiger partial charge in [-0.05, 0) is 50.6 Å². The van der Waals surface area contributed by atoms with Crippen LogP contribution in [0.2, 0.25) is 0 Å². The molecular formula is C23H24F3N3O2. The summed E-state index contributed by atoms with van der Waals surface area (Å²) in [7, 11) is 0. The third kappa shape index (κ3) is 5.87. The lowest BCUT2D eigenvalue weighted by Crippen LogP contribution is -2.23. The van der Waals surface area contributed by atoms with Crippen molar-refractivity contribution in [2.24, 2.45) is 0 Å². The van der Waals surface area contributed by atoms with E-state index in [1.54, 1.807) is 31.2 Å². The summed E-state index contributed by atoms with van der Waals surface area (Å²) >= 11 is 0. The Labute approximate surface area is 179 Å². The molecule has 0 bridgehead atoms. The zero-order valence-electron chi connectivity index (χ0n) is 17.6. The standard InChI is InChI=1S/C23H24F3N3O2/c1-4-29(18-10-12-19(13-11-18)31-16(2)3)21-20(23(24,25)26)14-27-22(28-21)30-15-17-8-6-5-7-9-17/h5-14,16H,4,15H2,1-3H3. The Morgan fingerprint density at radius 1 is 1.00 bits per heavy atom. The summed E-state index contributed by atoms with van der Waals surface area (Å²) in [4.78, 5) is 9.36. The van der Waals surface area contributed by atoms with Crippen LogP contribution in [0.1, 0.15) is 31.9 Å². The van der Waals surface area contributed by atoms with E-state index in [0.717, 1.165) is 11.8 Å². The van der Waals surface area contributed by atoms with Gasteiger partial charge in [0.15, 0.2) is 5.82 Å². The minimum absolute atomic E-state index is 0.00357. The summed E-state index contributed by atoms with van der Waals surface area (Å²) in [6.07, 6.45) is -3.85. The fourth-order valence-corrected chi connectivity index (χ4v) is 2.99. The van der Waals surface area contributed by atoms with E-state index in [1.165, 1.54) is 4.90 Å². The molecule has 0 atom stereocenters. The fourth-order valence-electron chi connectivity index (χ4n) is 2.99. The third-order valence-corrected chi connectivity index (χ3v) is 4.35. The highest BCUT2D eigenvalue weighted by molar-refractivity contribution is 5.64. The minimum Gasteiger partial charge on any atom is -0.491 e. The van der Waals surface area contributed by atoms with Crippen molar-refractivity contribution >= 4 is 11.5 Å². The van der Waals surface area contributed by atoms with E-state index < -0.39 is 11.7 Å². The quantitative estimate of drug-likeness (QED) is 0.437. The van der Waals surface area contributed by atoms with Crippen LogP contribution >= 0.6 is 0 Å². The Morgan fingerprint density at radius 2 is 1.68 bits per heavy atom. The molecule has 0 unspecified atom stereocenters. The van der Waals surface area contributed by atoms with Gasteiger partial charge >= 0.3 is 12.2 Å². The van der Waals surface area contributed by atoms with Gasteiger partial charge in [0, 0.05) is 18.4 Å². The van der Waals surface area contributed by atoms with Gasteiger partial charge in [-0.1, -0.05) is 30.3 Å². The van der Waals surface area contributed by atoms with Crippen molar-refractivity contribution in [2.45, 2.75) is 39.7 Å². The lowest BCUT2D eigenvalue weighted by atomic mass is 10.2. The van der Waals surface area contributed by atoms with Gasteiger partial charge in [0.1, 0.15) is 17.9 Å². The summed E-state index contributed by atoms with van der Waals surface area (Å²) in [6.45, 7) is 5.98. The van der Waals surface area contributed by atoms with Crippen LogP contribution in [0.4, 0.5) is 24.7 Å². The Balaban J connectivity index is 1.92.